The number of nitrogens with one attached hydrogen (secondary N) is 1. The fourth-order valence-electron chi connectivity index (χ4n) is 1.16. The van der Waals surface area contributed by atoms with Gasteiger partial charge in [-0.25, -0.2) is 14.8 Å². The van der Waals surface area contributed by atoms with Crippen LogP contribution in [0.4, 0.5) is 5.82 Å². The molecule has 0 aliphatic rings. The van der Waals surface area contributed by atoms with Gasteiger partial charge in [0.1, 0.15) is 17.9 Å². The highest BCUT2D eigenvalue weighted by molar-refractivity contribution is 5.84. The van der Waals surface area contributed by atoms with Gasteiger partial charge in [-0.1, -0.05) is 0 Å². The Balaban J connectivity index is 1.97. The number of carboxylic acids is 1. The molecular weight excluding hydrogens is 210 g/mol. The molecule has 0 aliphatic heterocycles. The standard InChI is InChI=1S/C10H9N3O3/c14-10(15)8-2-1-7(16-8)5-12-9-3-4-11-6-13-9/h1-4,6H,5H2,(H,14,15)(H,11,12,13). The number of furan rings is 1. The number of aromatic carboxylic acids is 1. The van der Waals surface area contributed by atoms with Crippen molar-refractivity contribution in [1.82, 2.24) is 9.97 Å². The first-order chi connectivity index (χ1) is 7.75. The van der Waals surface area contributed by atoms with E-state index in [0.29, 0.717) is 18.1 Å². The summed E-state index contributed by atoms with van der Waals surface area (Å²) in [5.74, 6) is 0.0482. The quantitative estimate of drug-likeness (QED) is 0.807. The molecule has 2 aromatic heterocycles. The van der Waals surface area contributed by atoms with E-state index in [1.54, 1.807) is 18.3 Å². The van der Waals surface area contributed by atoms with E-state index in [2.05, 4.69) is 15.3 Å². The van der Waals surface area contributed by atoms with E-state index in [1.165, 1.54) is 12.4 Å². The van der Waals surface area contributed by atoms with Crippen LogP contribution in [0.2, 0.25) is 0 Å². The Bertz CT molecular complexity index is 481. The van der Waals surface area contributed by atoms with Gasteiger partial charge in [-0.15, -0.1) is 0 Å². The van der Waals surface area contributed by atoms with Gasteiger partial charge in [0.05, 0.1) is 6.54 Å². The van der Waals surface area contributed by atoms with Crippen molar-refractivity contribution in [3.63, 3.8) is 0 Å². The van der Waals surface area contributed by atoms with E-state index in [-0.39, 0.29) is 5.76 Å². The molecule has 0 amide bonds. The lowest BCUT2D eigenvalue weighted by atomic mass is 10.4. The lowest BCUT2D eigenvalue weighted by Gasteiger charge is -2.01. The second-order valence-electron chi connectivity index (χ2n) is 3.02. The molecule has 0 fully saturated rings. The van der Waals surface area contributed by atoms with E-state index in [1.807, 2.05) is 0 Å². The van der Waals surface area contributed by atoms with Gasteiger partial charge in [0.2, 0.25) is 5.76 Å². The zero-order chi connectivity index (χ0) is 11.4. The van der Waals surface area contributed by atoms with Crippen LogP contribution >= 0.6 is 0 Å². The van der Waals surface area contributed by atoms with Crippen molar-refractivity contribution in [1.29, 1.82) is 0 Å². The Morgan fingerprint density at radius 3 is 2.94 bits per heavy atom. The van der Waals surface area contributed by atoms with Gasteiger partial charge in [0.25, 0.3) is 0 Å². The Morgan fingerprint density at radius 1 is 1.44 bits per heavy atom. The van der Waals surface area contributed by atoms with E-state index in [0.717, 1.165) is 0 Å². The van der Waals surface area contributed by atoms with Gasteiger partial charge in [0, 0.05) is 6.20 Å². The first-order valence-electron chi connectivity index (χ1n) is 4.57. The molecule has 0 bridgehead atoms. The average molecular weight is 219 g/mol. The van der Waals surface area contributed by atoms with Crippen LogP contribution in [0.3, 0.4) is 0 Å². The highest BCUT2D eigenvalue weighted by Gasteiger charge is 2.08. The summed E-state index contributed by atoms with van der Waals surface area (Å²) in [7, 11) is 0. The summed E-state index contributed by atoms with van der Waals surface area (Å²) >= 11 is 0. The van der Waals surface area contributed by atoms with Crippen molar-refractivity contribution in [3.05, 3.63) is 42.2 Å². The maximum atomic E-state index is 10.6. The summed E-state index contributed by atoms with van der Waals surface area (Å²) in [6.45, 7) is 0.379. The molecule has 0 atom stereocenters. The number of carbonyl (C=O) groups is 1. The van der Waals surface area contributed by atoms with Crippen LogP contribution in [0.1, 0.15) is 16.3 Å². The Hall–Kier alpha value is -2.37. The molecule has 0 aliphatic carbocycles. The third kappa shape index (κ3) is 2.35. The normalized spacial score (nSPS) is 10.0. The van der Waals surface area contributed by atoms with Gasteiger partial charge in [-0.3, -0.25) is 0 Å². The smallest absolute Gasteiger partial charge is 0.371 e. The van der Waals surface area contributed by atoms with Crippen molar-refractivity contribution in [3.8, 4) is 0 Å². The number of hydrogen-bond acceptors (Lipinski definition) is 5. The Morgan fingerprint density at radius 2 is 2.31 bits per heavy atom. The van der Waals surface area contributed by atoms with Crippen LogP contribution in [0, 0.1) is 0 Å². The van der Waals surface area contributed by atoms with Gasteiger partial charge in [-0.05, 0) is 18.2 Å². The van der Waals surface area contributed by atoms with Crippen LogP contribution in [0.25, 0.3) is 0 Å². The van der Waals surface area contributed by atoms with Crippen molar-refractivity contribution in [2.75, 3.05) is 5.32 Å². The van der Waals surface area contributed by atoms with Crippen molar-refractivity contribution < 1.29 is 14.3 Å². The largest absolute Gasteiger partial charge is 0.475 e. The molecule has 6 heteroatoms. The summed E-state index contributed by atoms with van der Waals surface area (Å²) in [4.78, 5) is 18.3. The Kier molecular flexibility index (Phi) is 2.81. The summed E-state index contributed by atoms with van der Waals surface area (Å²) in [6, 6.07) is 4.73. The summed E-state index contributed by atoms with van der Waals surface area (Å²) in [5, 5.41) is 11.6. The molecule has 6 nitrogen and oxygen atoms in total. The predicted octanol–water partition coefficient (Wildman–Crippen LogP) is 1.38. The molecule has 0 saturated heterocycles. The fraction of sp³-hybridized carbons (Fsp3) is 0.100. The summed E-state index contributed by atoms with van der Waals surface area (Å²) in [6.07, 6.45) is 3.04. The Labute approximate surface area is 91.0 Å². The third-order valence-corrected chi connectivity index (χ3v) is 1.90. The van der Waals surface area contributed by atoms with Crippen molar-refractivity contribution >= 4 is 11.8 Å². The summed E-state index contributed by atoms with van der Waals surface area (Å²) < 4.78 is 5.06. The van der Waals surface area contributed by atoms with Crippen LogP contribution in [-0.4, -0.2) is 21.0 Å². The molecule has 16 heavy (non-hydrogen) atoms. The first kappa shape index (κ1) is 10.2. The lowest BCUT2D eigenvalue weighted by Crippen LogP contribution is -2.00. The summed E-state index contributed by atoms with van der Waals surface area (Å²) in [5.41, 5.74) is 0. The number of carboxylic acid groups (broad SMARTS) is 1. The monoisotopic (exact) mass is 219 g/mol. The molecule has 0 saturated carbocycles. The number of hydrogen-bond donors (Lipinski definition) is 2. The zero-order valence-corrected chi connectivity index (χ0v) is 8.25. The molecule has 0 radical (unpaired) electrons. The van der Waals surface area contributed by atoms with Crippen LogP contribution in [0.15, 0.2) is 35.1 Å². The molecule has 0 spiro atoms. The topological polar surface area (TPSA) is 88.2 Å². The average Bonchev–Trinajstić information content (AvgIpc) is 2.76. The molecule has 2 aromatic rings. The molecule has 2 heterocycles. The highest BCUT2D eigenvalue weighted by atomic mass is 16.4. The van der Waals surface area contributed by atoms with Crippen molar-refractivity contribution in [2.24, 2.45) is 0 Å². The van der Waals surface area contributed by atoms with E-state index in [4.69, 9.17) is 9.52 Å². The molecule has 2 rings (SSSR count). The van der Waals surface area contributed by atoms with Gasteiger partial charge in [0.15, 0.2) is 0 Å². The highest BCUT2D eigenvalue weighted by Crippen LogP contribution is 2.09. The second kappa shape index (κ2) is 4.43. The van der Waals surface area contributed by atoms with E-state index in [9.17, 15) is 4.79 Å². The molecule has 0 aromatic carbocycles. The van der Waals surface area contributed by atoms with Crippen LogP contribution in [0.5, 0.6) is 0 Å². The molecule has 2 N–H and O–H groups in total. The van der Waals surface area contributed by atoms with Gasteiger partial charge in [-0.2, -0.15) is 0 Å². The third-order valence-electron chi connectivity index (χ3n) is 1.90. The van der Waals surface area contributed by atoms with Crippen LogP contribution < -0.4 is 5.32 Å². The second-order valence-corrected chi connectivity index (χ2v) is 3.02. The van der Waals surface area contributed by atoms with E-state index < -0.39 is 5.97 Å². The minimum absolute atomic E-state index is 0.0699. The SMILES string of the molecule is O=C(O)c1ccc(CNc2ccncn2)o1. The number of anilines is 1. The number of aromatic nitrogens is 2. The minimum atomic E-state index is -1.08. The minimum Gasteiger partial charge on any atom is -0.475 e. The van der Waals surface area contributed by atoms with Crippen molar-refractivity contribution in [2.45, 2.75) is 6.54 Å². The lowest BCUT2D eigenvalue weighted by molar-refractivity contribution is 0.0660. The molecule has 82 valence electrons. The van der Waals surface area contributed by atoms with Crippen LogP contribution in [-0.2, 0) is 6.54 Å². The molecule has 0 unspecified atom stereocenters. The maximum absolute atomic E-state index is 10.6. The predicted molar refractivity (Wildman–Crippen MR) is 55.0 cm³/mol. The van der Waals surface area contributed by atoms with Gasteiger partial charge < -0.3 is 14.8 Å². The maximum Gasteiger partial charge on any atom is 0.371 e. The van der Waals surface area contributed by atoms with Gasteiger partial charge >= 0.3 is 5.97 Å². The fourth-order valence-corrected chi connectivity index (χ4v) is 1.16. The number of nitrogens with zero attached hydrogens (tertiary/aromatic N) is 2. The molecular formula is C10H9N3O3. The number of rotatable bonds is 4. The van der Waals surface area contributed by atoms with E-state index >= 15 is 0 Å². The zero-order valence-electron chi connectivity index (χ0n) is 8.25. The first-order valence-corrected chi connectivity index (χ1v) is 4.57.